The maximum Gasteiger partial charge on any atom is 0.416 e. The third-order valence-electron chi connectivity index (χ3n) is 5.02. The molecule has 1 heterocycles. The number of rotatable bonds is 4. The first-order valence-electron chi connectivity index (χ1n) is 8.45. The molecule has 0 saturated heterocycles. The number of nitrogens with zero attached hydrogens (tertiary/aromatic N) is 1. The first-order chi connectivity index (χ1) is 11.7. The third-order valence-corrected chi connectivity index (χ3v) is 5.02. The van der Waals surface area contributed by atoms with E-state index < -0.39 is 11.7 Å². The van der Waals surface area contributed by atoms with Crippen molar-refractivity contribution in [2.45, 2.75) is 52.0 Å². The summed E-state index contributed by atoms with van der Waals surface area (Å²) in [4.78, 5) is 2.22. The minimum absolute atomic E-state index is 0. The van der Waals surface area contributed by atoms with Gasteiger partial charge < -0.3 is 5.11 Å². The van der Waals surface area contributed by atoms with Crippen molar-refractivity contribution in [3.05, 3.63) is 64.2 Å². The SMILES string of the molecule is Cc1cc(CC[C@@H](C)N2Cc3ccc(C(F)(F)F)cc3C2)ccc1O.Cl. The van der Waals surface area contributed by atoms with Crippen molar-refractivity contribution in [2.75, 3.05) is 0 Å². The molecule has 1 N–H and O–H groups in total. The van der Waals surface area contributed by atoms with Crippen LogP contribution in [0.25, 0.3) is 0 Å². The predicted molar refractivity (Wildman–Crippen MR) is 98.6 cm³/mol. The molecular formula is C20H23ClF3NO. The molecule has 1 aliphatic rings. The topological polar surface area (TPSA) is 23.5 Å². The lowest BCUT2D eigenvalue weighted by atomic mass is 10.0. The molecule has 0 fully saturated rings. The number of fused-ring (bicyclic) bond motifs is 1. The van der Waals surface area contributed by atoms with Crippen LogP contribution in [0.5, 0.6) is 5.75 Å². The Bertz CT molecular complexity index is 776. The van der Waals surface area contributed by atoms with Gasteiger partial charge in [-0.15, -0.1) is 12.4 Å². The van der Waals surface area contributed by atoms with Gasteiger partial charge in [0.05, 0.1) is 5.56 Å². The van der Waals surface area contributed by atoms with Gasteiger partial charge in [-0.2, -0.15) is 13.2 Å². The summed E-state index contributed by atoms with van der Waals surface area (Å²) in [6, 6.07) is 9.95. The van der Waals surface area contributed by atoms with E-state index in [1.807, 2.05) is 19.1 Å². The van der Waals surface area contributed by atoms with Crippen molar-refractivity contribution >= 4 is 12.4 Å². The Kier molecular flexibility index (Phi) is 6.25. The number of alkyl halides is 3. The van der Waals surface area contributed by atoms with Crippen molar-refractivity contribution in [1.29, 1.82) is 0 Å². The highest BCUT2D eigenvalue weighted by Crippen LogP contribution is 2.34. The van der Waals surface area contributed by atoms with Crippen molar-refractivity contribution in [1.82, 2.24) is 4.90 Å². The molecule has 0 aliphatic carbocycles. The third kappa shape index (κ3) is 4.51. The van der Waals surface area contributed by atoms with Gasteiger partial charge in [-0.1, -0.05) is 18.2 Å². The molecule has 0 amide bonds. The van der Waals surface area contributed by atoms with Crippen LogP contribution in [0.3, 0.4) is 0 Å². The quantitative estimate of drug-likeness (QED) is 0.753. The number of halogens is 4. The summed E-state index contributed by atoms with van der Waals surface area (Å²) in [5.74, 6) is 0.298. The van der Waals surface area contributed by atoms with Crippen LogP contribution in [0, 0.1) is 6.92 Å². The van der Waals surface area contributed by atoms with E-state index in [1.165, 1.54) is 17.7 Å². The number of benzene rings is 2. The summed E-state index contributed by atoms with van der Waals surface area (Å²) >= 11 is 0. The molecule has 2 nitrogen and oxygen atoms in total. The van der Waals surface area contributed by atoms with E-state index in [9.17, 15) is 18.3 Å². The van der Waals surface area contributed by atoms with Crippen LogP contribution < -0.4 is 0 Å². The van der Waals surface area contributed by atoms with Gasteiger partial charge >= 0.3 is 6.18 Å². The number of hydrogen-bond acceptors (Lipinski definition) is 2. The fourth-order valence-corrected chi connectivity index (χ4v) is 3.34. The van der Waals surface area contributed by atoms with Gasteiger partial charge in [-0.05, 0) is 67.1 Å². The molecule has 1 atom stereocenters. The minimum atomic E-state index is -4.29. The Morgan fingerprint density at radius 3 is 2.42 bits per heavy atom. The molecule has 1 aliphatic heterocycles. The summed E-state index contributed by atoms with van der Waals surface area (Å²) in [6.45, 7) is 5.25. The van der Waals surface area contributed by atoms with Crippen LogP contribution in [-0.2, 0) is 25.7 Å². The Balaban J connectivity index is 0.00000243. The highest BCUT2D eigenvalue weighted by Gasteiger charge is 2.32. The zero-order valence-corrected chi connectivity index (χ0v) is 15.6. The zero-order valence-electron chi connectivity index (χ0n) is 14.8. The minimum Gasteiger partial charge on any atom is -0.508 e. The normalized spacial score (nSPS) is 15.4. The average molecular weight is 386 g/mol. The summed E-state index contributed by atoms with van der Waals surface area (Å²) < 4.78 is 38.6. The number of hydrogen-bond donors (Lipinski definition) is 1. The van der Waals surface area contributed by atoms with Gasteiger partial charge in [-0.25, -0.2) is 0 Å². The second-order valence-electron chi connectivity index (χ2n) is 6.89. The Labute approximate surface area is 158 Å². The Morgan fingerprint density at radius 1 is 1.08 bits per heavy atom. The van der Waals surface area contributed by atoms with E-state index in [0.29, 0.717) is 18.8 Å². The van der Waals surface area contributed by atoms with E-state index in [1.54, 1.807) is 12.1 Å². The van der Waals surface area contributed by atoms with Crippen molar-refractivity contribution in [2.24, 2.45) is 0 Å². The van der Waals surface area contributed by atoms with Gasteiger partial charge in [0.2, 0.25) is 0 Å². The predicted octanol–water partition coefficient (Wildman–Crippen LogP) is 5.48. The Morgan fingerprint density at radius 2 is 1.77 bits per heavy atom. The fourth-order valence-electron chi connectivity index (χ4n) is 3.34. The molecule has 26 heavy (non-hydrogen) atoms. The smallest absolute Gasteiger partial charge is 0.416 e. The molecule has 0 radical (unpaired) electrons. The van der Waals surface area contributed by atoms with E-state index in [-0.39, 0.29) is 18.4 Å². The first kappa shape index (κ1) is 20.6. The maximum absolute atomic E-state index is 12.9. The molecule has 0 spiro atoms. The molecule has 142 valence electrons. The van der Waals surface area contributed by atoms with Gasteiger partial charge in [0.15, 0.2) is 0 Å². The molecule has 0 unspecified atom stereocenters. The second-order valence-corrected chi connectivity index (χ2v) is 6.89. The largest absolute Gasteiger partial charge is 0.508 e. The van der Waals surface area contributed by atoms with Crippen molar-refractivity contribution in [3.8, 4) is 5.75 Å². The highest BCUT2D eigenvalue weighted by atomic mass is 35.5. The van der Waals surface area contributed by atoms with Gasteiger partial charge in [0.1, 0.15) is 5.75 Å². The van der Waals surface area contributed by atoms with Crippen LogP contribution in [0.15, 0.2) is 36.4 Å². The standard InChI is InChI=1S/C20H22F3NO.ClH/c1-13-9-15(5-8-19(13)25)4-3-14(2)24-11-16-6-7-18(20(21,22)23)10-17(16)12-24;/h5-10,14,25H,3-4,11-12H2,1-2H3;1H/t14-;/m1./s1. The van der Waals surface area contributed by atoms with Crippen LogP contribution in [0.4, 0.5) is 13.2 Å². The second kappa shape index (κ2) is 7.89. The molecular weight excluding hydrogens is 363 g/mol. The lowest BCUT2D eigenvalue weighted by Crippen LogP contribution is -2.28. The van der Waals surface area contributed by atoms with E-state index in [2.05, 4.69) is 11.8 Å². The van der Waals surface area contributed by atoms with Gasteiger partial charge in [0, 0.05) is 19.1 Å². The number of aryl methyl sites for hydroxylation is 2. The van der Waals surface area contributed by atoms with E-state index >= 15 is 0 Å². The molecule has 2 aromatic carbocycles. The van der Waals surface area contributed by atoms with Crippen LogP contribution in [0.1, 0.15) is 41.2 Å². The monoisotopic (exact) mass is 385 g/mol. The van der Waals surface area contributed by atoms with Crippen molar-refractivity contribution in [3.63, 3.8) is 0 Å². The summed E-state index contributed by atoms with van der Waals surface area (Å²) in [5.41, 5.74) is 3.22. The average Bonchev–Trinajstić information content (AvgIpc) is 2.98. The summed E-state index contributed by atoms with van der Waals surface area (Å²) in [7, 11) is 0. The first-order valence-corrected chi connectivity index (χ1v) is 8.45. The van der Waals surface area contributed by atoms with E-state index in [0.717, 1.165) is 29.5 Å². The molecule has 6 heteroatoms. The van der Waals surface area contributed by atoms with Crippen LogP contribution >= 0.6 is 12.4 Å². The number of phenols is 1. The van der Waals surface area contributed by atoms with Crippen molar-refractivity contribution < 1.29 is 18.3 Å². The molecule has 0 aromatic heterocycles. The van der Waals surface area contributed by atoms with Crippen LogP contribution in [0.2, 0.25) is 0 Å². The molecule has 0 saturated carbocycles. The summed E-state index contributed by atoms with van der Waals surface area (Å²) in [5, 5.41) is 9.59. The molecule has 3 rings (SSSR count). The number of phenolic OH excluding ortho intramolecular Hbond substituents is 1. The lowest BCUT2D eigenvalue weighted by Gasteiger charge is -2.23. The molecule has 2 aromatic rings. The number of aromatic hydroxyl groups is 1. The Hall–Kier alpha value is -1.72. The van der Waals surface area contributed by atoms with Gasteiger partial charge in [0.25, 0.3) is 0 Å². The summed E-state index contributed by atoms with van der Waals surface area (Å²) in [6.07, 6.45) is -2.49. The van der Waals surface area contributed by atoms with E-state index in [4.69, 9.17) is 0 Å². The fraction of sp³-hybridized carbons (Fsp3) is 0.400. The zero-order chi connectivity index (χ0) is 18.2. The lowest BCUT2D eigenvalue weighted by molar-refractivity contribution is -0.137. The van der Waals surface area contributed by atoms with Gasteiger partial charge in [-0.3, -0.25) is 4.90 Å². The highest BCUT2D eigenvalue weighted by molar-refractivity contribution is 5.85. The maximum atomic E-state index is 12.9. The van der Waals surface area contributed by atoms with Crippen LogP contribution in [-0.4, -0.2) is 16.0 Å². The molecule has 0 bridgehead atoms.